The van der Waals surface area contributed by atoms with Crippen molar-refractivity contribution >= 4 is 11.9 Å². The van der Waals surface area contributed by atoms with E-state index in [-0.39, 0.29) is 18.4 Å². The molecule has 23 heavy (non-hydrogen) atoms. The molecule has 0 radical (unpaired) electrons. The second kappa shape index (κ2) is 6.89. The van der Waals surface area contributed by atoms with Gasteiger partial charge in [-0.15, -0.1) is 0 Å². The van der Waals surface area contributed by atoms with Crippen LogP contribution in [0.2, 0.25) is 0 Å². The van der Waals surface area contributed by atoms with Crippen LogP contribution in [0.5, 0.6) is 0 Å². The summed E-state index contributed by atoms with van der Waals surface area (Å²) in [6.07, 6.45) is -4.14. The maximum atomic E-state index is 12.5. The van der Waals surface area contributed by atoms with Gasteiger partial charge in [-0.05, 0) is 24.6 Å². The minimum Gasteiger partial charge on any atom is -0.354 e. The lowest BCUT2D eigenvalue weighted by atomic mass is 10.1. The zero-order valence-electron chi connectivity index (χ0n) is 12.6. The van der Waals surface area contributed by atoms with E-state index in [4.69, 9.17) is 0 Å². The van der Waals surface area contributed by atoms with Crippen molar-refractivity contribution in [3.63, 3.8) is 0 Å². The Balaban J connectivity index is 1.96. The van der Waals surface area contributed by atoms with Crippen molar-refractivity contribution in [1.29, 1.82) is 0 Å². The van der Waals surface area contributed by atoms with E-state index < -0.39 is 17.8 Å². The Kier molecular flexibility index (Phi) is 5.12. The van der Waals surface area contributed by atoms with Crippen LogP contribution in [0.3, 0.4) is 0 Å². The zero-order chi connectivity index (χ0) is 17.0. The molecule has 3 amide bonds. The topological polar surface area (TPSA) is 61.4 Å². The molecule has 1 fully saturated rings. The Morgan fingerprint density at radius 1 is 1.26 bits per heavy atom. The van der Waals surface area contributed by atoms with Crippen LogP contribution in [-0.2, 0) is 11.0 Å². The Hall–Kier alpha value is -2.25. The van der Waals surface area contributed by atoms with Gasteiger partial charge in [-0.3, -0.25) is 4.79 Å². The zero-order valence-corrected chi connectivity index (χ0v) is 12.6. The molecule has 5 nitrogen and oxygen atoms in total. The van der Waals surface area contributed by atoms with Crippen molar-refractivity contribution in [2.24, 2.45) is 0 Å². The van der Waals surface area contributed by atoms with Crippen molar-refractivity contribution in [1.82, 2.24) is 15.5 Å². The molecule has 0 aromatic heterocycles. The molecular weight excluding hydrogens is 311 g/mol. The van der Waals surface area contributed by atoms with Crippen LogP contribution in [0.4, 0.5) is 18.0 Å². The smallest absolute Gasteiger partial charge is 0.354 e. The van der Waals surface area contributed by atoms with Crippen LogP contribution in [0.15, 0.2) is 24.3 Å². The minimum absolute atomic E-state index is 0.101. The highest BCUT2D eigenvalue weighted by atomic mass is 19.4. The number of nitrogens with zero attached hydrogens (tertiary/aromatic N) is 1. The molecule has 2 rings (SSSR count). The van der Waals surface area contributed by atoms with Gasteiger partial charge in [-0.1, -0.05) is 12.1 Å². The summed E-state index contributed by atoms with van der Waals surface area (Å²) in [4.78, 5) is 24.9. The van der Waals surface area contributed by atoms with Gasteiger partial charge in [0, 0.05) is 26.1 Å². The molecule has 1 aromatic rings. The number of benzene rings is 1. The van der Waals surface area contributed by atoms with E-state index in [9.17, 15) is 22.8 Å². The molecule has 1 heterocycles. The summed E-state index contributed by atoms with van der Waals surface area (Å²) in [7, 11) is 0. The number of amides is 3. The van der Waals surface area contributed by atoms with Crippen LogP contribution in [0, 0.1) is 0 Å². The summed E-state index contributed by atoms with van der Waals surface area (Å²) >= 11 is 0. The normalized spacial score (nSPS) is 17.2. The summed E-state index contributed by atoms with van der Waals surface area (Å²) < 4.78 is 37.6. The summed E-state index contributed by atoms with van der Waals surface area (Å²) in [5, 5.41) is 5.40. The molecule has 1 atom stereocenters. The first-order chi connectivity index (χ1) is 10.8. The molecule has 2 N–H and O–H groups in total. The molecule has 0 unspecified atom stereocenters. The van der Waals surface area contributed by atoms with E-state index in [2.05, 4.69) is 10.6 Å². The molecule has 1 aliphatic rings. The molecule has 0 saturated carbocycles. The van der Waals surface area contributed by atoms with E-state index >= 15 is 0 Å². The predicted octanol–water partition coefficient (Wildman–Crippen LogP) is 2.30. The highest BCUT2D eigenvalue weighted by Crippen LogP contribution is 2.29. The van der Waals surface area contributed by atoms with Gasteiger partial charge in [0.15, 0.2) is 0 Å². The lowest BCUT2D eigenvalue weighted by Crippen LogP contribution is -2.42. The lowest BCUT2D eigenvalue weighted by Gasteiger charge is -2.23. The van der Waals surface area contributed by atoms with Crippen LogP contribution >= 0.6 is 0 Å². The van der Waals surface area contributed by atoms with Crippen LogP contribution < -0.4 is 10.6 Å². The average molecular weight is 329 g/mol. The average Bonchev–Trinajstić information content (AvgIpc) is 2.71. The lowest BCUT2D eigenvalue weighted by molar-refractivity contribution is -0.137. The van der Waals surface area contributed by atoms with E-state index in [0.29, 0.717) is 25.2 Å². The molecule has 0 bridgehead atoms. The Morgan fingerprint density at radius 2 is 1.91 bits per heavy atom. The van der Waals surface area contributed by atoms with Gasteiger partial charge >= 0.3 is 12.2 Å². The van der Waals surface area contributed by atoms with E-state index in [1.165, 1.54) is 17.0 Å². The third kappa shape index (κ3) is 4.61. The Labute approximate surface area is 131 Å². The predicted molar refractivity (Wildman–Crippen MR) is 77.6 cm³/mol. The highest BCUT2D eigenvalue weighted by molar-refractivity contribution is 5.79. The second-order valence-corrected chi connectivity index (χ2v) is 5.38. The minimum atomic E-state index is -4.38. The quantitative estimate of drug-likeness (QED) is 0.875. The number of hydrogen-bond donors (Lipinski definition) is 2. The van der Waals surface area contributed by atoms with Crippen molar-refractivity contribution in [2.75, 3.05) is 19.6 Å². The number of urea groups is 1. The number of hydrogen-bond acceptors (Lipinski definition) is 2. The summed E-state index contributed by atoms with van der Waals surface area (Å²) in [5.41, 5.74) is -0.146. The van der Waals surface area contributed by atoms with Gasteiger partial charge in [-0.2, -0.15) is 13.2 Å². The van der Waals surface area contributed by atoms with Gasteiger partial charge in [0.2, 0.25) is 5.91 Å². The van der Waals surface area contributed by atoms with Gasteiger partial charge in [0.1, 0.15) is 0 Å². The third-order valence-electron chi connectivity index (χ3n) is 3.68. The summed E-state index contributed by atoms with van der Waals surface area (Å²) in [6, 6.07) is 3.91. The number of alkyl halides is 3. The third-order valence-corrected chi connectivity index (χ3v) is 3.68. The maximum Gasteiger partial charge on any atom is 0.416 e. The molecule has 1 aromatic carbocycles. The first-order valence-corrected chi connectivity index (χ1v) is 7.26. The van der Waals surface area contributed by atoms with Crippen molar-refractivity contribution in [3.8, 4) is 0 Å². The molecule has 0 spiro atoms. The summed E-state index contributed by atoms with van der Waals surface area (Å²) in [6.45, 7) is 2.80. The number of halogens is 3. The monoisotopic (exact) mass is 329 g/mol. The van der Waals surface area contributed by atoms with Crippen LogP contribution in [0.1, 0.15) is 30.5 Å². The maximum absolute atomic E-state index is 12.5. The second-order valence-electron chi connectivity index (χ2n) is 5.38. The molecule has 0 aliphatic carbocycles. The first kappa shape index (κ1) is 17.1. The SMILES string of the molecule is C[C@H](NC(=O)N1CCNC(=O)CC1)c1ccc(C(F)(F)F)cc1. The van der Waals surface area contributed by atoms with Crippen molar-refractivity contribution in [3.05, 3.63) is 35.4 Å². The molecule has 1 saturated heterocycles. The van der Waals surface area contributed by atoms with Gasteiger partial charge in [-0.25, -0.2) is 4.79 Å². The van der Waals surface area contributed by atoms with E-state index in [0.717, 1.165) is 12.1 Å². The largest absolute Gasteiger partial charge is 0.416 e. The Morgan fingerprint density at radius 3 is 2.52 bits per heavy atom. The Bertz CT molecular complexity index is 572. The van der Waals surface area contributed by atoms with Gasteiger partial charge in [0.25, 0.3) is 0 Å². The number of carbonyl (C=O) groups excluding carboxylic acids is 2. The molecular formula is C15H18F3N3O2. The van der Waals surface area contributed by atoms with Crippen molar-refractivity contribution < 1.29 is 22.8 Å². The fraction of sp³-hybridized carbons (Fsp3) is 0.467. The number of rotatable bonds is 2. The fourth-order valence-electron chi connectivity index (χ4n) is 2.29. The molecule has 1 aliphatic heterocycles. The van der Waals surface area contributed by atoms with Gasteiger partial charge in [0.05, 0.1) is 11.6 Å². The standard InChI is InChI=1S/C15H18F3N3O2/c1-10(11-2-4-12(5-3-11)15(16,17)18)20-14(23)21-8-6-13(22)19-7-9-21/h2-5,10H,6-9H2,1H3,(H,19,22)(H,20,23)/t10-/m0/s1. The van der Waals surface area contributed by atoms with E-state index in [1.54, 1.807) is 6.92 Å². The highest BCUT2D eigenvalue weighted by Gasteiger charge is 2.30. The van der Waals surface area contributed by atoms with Crippen LogP contribution in [0.25, 0.3) is 0 Å². The first-order valence-electron chi connectivity index (χ1n) is 7.26. The molecule has 126 valence electrons. The van der Waals surface area contributed by atoms with E-state index in [1.807, 2.05) is 0 Å². The van der Waals surface area contributed by atoms with Gasteiger partial charge < -0.3 is 15.5 Å². The number of carbonyl (C=O) groups is 2. The number of nitrogens with one attached hydrogen (secondary N) is 2. The summed E-state index contributed by atoms with van der Waals surface area (Å²) in [5.74, 6) is -0.101. The van der Waals surface area contributed by atoms with Crippen molar-refractivity contribution in [2.45, 2.75) is 25.6 Å². The fourth-order valence-corrected chi connectivity index (χ4v) is 2.29. The van der Waals surface area contributed by atoms with Crippen LogP contribution in [-0.4, -0.2) is 36.5 Å². The molecule has 8 heteroatoms.